The fourth-order valence-corrected chi connectivity index (χ4v) is 3.49. The average Bonchev–Trinajstić information content (AvgIpc) is 2.73. The van der Waals surface area contributed by atoms with Crippen molar-refractivity contribution in [2.75, 3.05) is 11.6 Å². The molecule has 2 aromatic carbocycles. The van der Waals surface area contributed by atoms with Crippen molar-refractivity contribution in [1.82, 2.24) is 9.97 Å². The molecular formula is C23H24FN3O2S. The summed E-state index contributed by atoms with van der Waals surface area (Å²) >= 11 is 1.51. The third-order valence-electron chi connectivity index (χ3n) is 4.62. The van der Waals surface area contributed by atoms with Crippen LogP contribution in [0.5, 0.6) is 5.75 Å². The number of halogens is 1. The van der Waals surface area contributed by atoms with Crippen molar-refractivity contribution in [2.45, 2.75) is 38.5 Å². The second kappa shape index (κ2) is 10.2. The molecule has 5 nitrogen and oxygen atoms in total. The van der Waals surface area contributed by atoms with Crippen LogP contribution in [-0.2, 0) is 17.8 Å². The van der Waals surface area contributed by atoms with Crippen LogP contribution in [0, 0.1) is 19.7 Å². The largest absolute Gasteiger partial charge is 0.489 e. The second-order valence-electron chi connectivity index (χ2n) is 6.85. The van der Waals surface area contributed by atoms with E-state index in [2.05, 4.69) is 15.3 Å². The first-order valence-corrected chi connectivity index (χ1v) is 10.8. The second-order valence-corrected chi connectivity index (χ2v) is 7.62. The Morgan fingerprint density at radius 1 is 1.10 bits per heavy atom. The van der Waals surface area contributed by atoms with E-state index < -0.39 is 0 Å². The number of nitrogens with one attached hydrogen (secondary N) is 1. The summed E-state index contributed by atoms with van der Waals surface area (Å²) in [5, 5.41) is 3.65. The number of benzene rings is 2. The molecule has 30 heavy (non-hydrogen) atoms. The first-order chi connectivity index (χ1) is 14.4. The van der Waals surface area contributed by atoms with E-state index in [4.69, 9.17) is 4.74 Å². The van der Waals surface area contributed by atoms with E-state index in [9.17, 15) is 9.18 Å². The molecule has 0 saturated carbocycles. The lowest BCUT2D eigenvalue weighted by Gasteiger charge is -2.11. The van der Waals surface area contributed by atoms with Gasteiger partial charge in [0.15, 0.2) is 5.16 Å². The number of carbonyl (C=O) groups excluding carboxylic acids is 1. The highest BCUT2D eigenvalue weighted by atomic mass is 32.2. The molecule has 0 atom stereocenters. The summed E-state index contributed by atoms with van der Waals surface area (Å²) < 4.78 is 18.7. The van der Waals surface area contributed by atoms with Gasteiger partial charge in [0.05, 0.1) is 0 Å². The van der Waals surface area contributed by atoms with Gasteiger partial charge in [0.2, 0.25) is 5.91 Å². The Bertz CT molecular complexity index is 1000. The highest BCUT2D eigenvalue weighted by molar-refractivity contribution is 7.98. The van der Waals surface area contributed by atoms with Crippen LogP contribution in [0.1, 0.15) is 28.9 Å². The van der Waals surface area contributed by atoms with Crippen LogP contribution < -0.4 is 10.1 Å². The molecule has 156 valence electrons. The van der Waals surface area contributed by atoms with Gasteiger partial charge in [0, 0.05) is 29.6 Å². The topological polar surface area (TPSA) is 64.1 Å². The summed E-state index contributed by atoms with van der Waals surface area (Å²) in [5.41, 5.74) is 4.37. The van der Waals surface area contributed by atoms with E-state index >= 15 is 0 Å². The Morgan fingerprint density at radius 2 is 1.80 bits per heavy atom. The summed E-state index contributed by atoms with van der Waals surface area (Å²) in [6.45, 7) is 4.22. The van der Waals surface area contributed by atoms with Crippen molar-refractivity contribution in [3.63, 3.8) is 0 Å². The maximum atomic E-state index is 13.0. The number of carbonyl (C=O) groups is 1. The number of aryl methyl sites for hydroxylation is 2. The van der Waals surface area contributed by atoms with Crippen molar-refractivity contribution in [2.24, 2.45) is 0 Å². The number of ether oxygens (including phenoxy) is 1. The Hall–Kier alpha value is -2.93. The molecule has 0 aliphatic heterocycles. The first kappa shape index (κ1) is 21.8. The molecule has 0 saturated heterocycles. The van der Waals surface area contributed by atoms with Crippen LogP contribution in [0.15, 0.2) is 53.7 Å². The average molecular weight is 426 g/mol. The van der Waals surface area contributed by atoms with E-state index in [1.165, 1.54) is 23.9 Å². The van der Waals surface area contributed by atoms with Gasteiger partial charge in [-0.1, -0.05) is 30.0 Å². The number of nitrogens with zero attached hydrogens (tertiary/aromatic N) is 2. The molecule has 0 aliphatic rings. The number of anilines is 1. The predicted molar refractivity (Wildman–Crippen MR) is 117 cm³/mol. The van der Waals surface area contributed by atoms with Gasteiger partial charge in [0.1, 0.15) is 18.2 Å². The van der Waals surface area contributed by atoms with Crippen LogP contribution in [0.2, 0.25) is 0 Å². The maximum absolute atomic E-state index is 13.0. The minimum Gasteiger partial charge on any atom is -0.489 e. The van der Waals surface area contributed by atoms with Crippen LogP contribution in [0.25, 0.3) is 0 Å². The standard InChI is InChI=1S/C23H24FN3O2S/c1-15-21(16(2)26-23(25-15)30-3)11-12-22(28)27-19-5-4-6-20(13-19)29-14-17-7-9-18(24)10-8-17/h4-10,13H,11-12,14H2,1-3H3,(H,27,28). The molecule has 1 N–H and O–H groups in total. The number of amides is 1. The lowest BCUT2D eigenvalue weighted by atomic mass is 10.1. The Balaban J connectivity index is 1.55. The van der Waals surface area contributed by atoms with Crippen LogP contribution in [-0.4, -0.2) is 22.1 Å². The molecule has 0 unspecified atom stereocenters. The molecule has 3 rings (SSSR count). The normalized spacial score (nSPS) is 10.7. The number of hydrogen-bond donors (Lipinski definition) is 1. The van der Waals surface area contributed by atoms with E-state index in [1.54, 1.807) is 18.2 Å². The minimum absolute atomic E-state index is 0.0848. The smallest absolute Gasteiger partial charge is 0.224 e. The van der Waals surface area contributed by atoms with Crippen molar-refractivity contribution in [3.8, 4) is 5.75 Å². The van der Waals surface area contributed by atoms with Gasteiger partial charge in [-0.15, -0.1) is 0 Å². The zero-order valence-electron chi connectivity index (χ0n) is 17.2. The molecule has 0 aliphatic carbocycles. The van der Waals surface area contributed by atoms with Crippen LogP contribution >= 0.6 is 11.8 Å². The zero-order valence-corrected chi connectivity index (χ0v) is 18.1. The molecule has 0 spiro atoms. The lowest BCUT2D eigenvalue weighted by molar-refractivity contribution is -0.116. The lowest BCUT2D eigenvalue weighted by Crippen LogP contribution is -2.13. The van der Waals surface area contributed by atoms with Crippen LogP contribution in [0.4, 0.5) is 10.1 Å². The third kappa shape index (κ3) is 6.03. The van der Waals surface area contributed by atoms with Gasteiger partial charge in [-0.2, -0.15) is 0 Å². The molecule has 1 amide bonds. The highest BCUT2D eigenvalue weighted by Crippen LogP contribution is 2.20. The highest BCUT2D eigenvalue weighted by Gasteiger charge is 2.11. The van der Waals surface area contributed by atoms with Crippen molar-refractivity contribution in [1.29, 1.82) is 0 Å². The van der Waals surface area contributed by atoms with Crippen molar-refractivity contribution in [3.05, 3.63) is 76.9 Å². The molecule has 7 heteroatoms. The maximum Gasteiger partial charge on any atom is 0.224 e. The van der Waals surface area contributed by atoms with Gasteiger partial charge in [0.25, 0.3) is 0 Å². The van der Waals surface area contributed by atoms with Crippen molar-refractivity contribution < 1.29 is 13.9 Å². The van der Waals surface area contributed by atoms with E-state index in [1.807, 2.05) is 38.3 Å². The van der Waals surface area contributed by atoms with E-state index in [0.29, 0.717) is 30.9 Å². The van der Waals surface area contributed by atoms with Crippen LogP contribution in [0.3, 0.4) is 0 Å². The summed E-state index contributed by atoms with van der Waals surface area (Å²) in [6.07, 6.45) is 2.86. The zero-order chi connectivity index (χ0) is 21.5. The van der Waals surface area contributed by atoms with Gasteiger partial charge < -0.3 is 10.1 Å². The fourth-order valence-electron chi connectivity index (χ4n) is 3.03. The number of rotatable bonds is 8. The van der Waals surface area contributed by atoms with E-state index in [-0.39, 0.29) is 11.7 Å². The molecule has 1 aromatic heterocycles. The predicted octanol–water partition coefficient (Wildman–Crippen LogP) is 5.10. The summed E-state index contributed by atoms with van der Waals surface area (Å²) in [5.74, 6) is 0.268. The van der Waals surface area contributed by atoms with Crippen molar-refractivity contribution >= 4 is 23.4 Å². The number of thioether (sulfide) groups is 1. The summed E-state index contributed by atoms with van der Waals surface area (Å²) in [7, 11) is 0. The van der Waals surface area contributed by atoms with E-state index in [0.717, 1.165) is 27.7 Å². The Kier molecular flexibility index (Phi) is 7.41. The summed E-state index contributed by atoms with van der Waals surface area (Å²) in [6, 6.07) is 13.4. The third-order valence-corrected chi connectivity index (χ3v) is 5.17. The quantitative estimate of drug-likeness (QED) is 0.402. The number of hydrogen-bond acceptors (Lipinski definition) is 5. The molecule has 3 aromatic rings. The molecular weight excluding hydrogens is 401 g/mol. The van der Waals surface area contributed by atoms with Gasteiger partial charge in [-0.25, -0.2) is 14.4 Å². The molecule has 0 bridgehead atoms. The van der Waals surface area contributed by atoms with Gasteiger partial charge in [-0.05, 0) is 61.9 Å². The summed E-state index contributed by atoms with van der Waals surface area (Å²) in [4.78, 5) is 21.3. The minimum atomic E-state index is -0.277. The molecule has 0 fully saturated rings. The molecule has 0 radical (unpaired) electrons. The monoisotopic (exact) mass is 425 g/mol. The number of aromatic nitrogens is 2. The molecule has 1 heterocycles. The Morgan fingerprint density at radius 3 is 2.47 bits per heavy atom. The fraction of sp³-hybridized carbons (Fsp3) is 0.261. The van der Waals surface area contributed by atoms with Gasteiger partial charge in [-0.3, -0.25) is 4.79 Å². The SMILES string of the molecule is CSc1nc(C)c(CCC(=O)Nc2cccc(OCc3ccc(F)cc3)c2)c(C)n1. The van der Waals surface area contributed by atoms with Gasteiger partial charge >= 0.3 is 0 Å². The Labute approximate surface area is 180 Å². The first-order valence-electron chi connectivity index (χ1n) is 9.60.